The van der Waals surface area contributed by atoms with Crippen molar-refractivity contribution in [3.05, 3.63) is 53.6 Å². The number of carbonyl (C=O) groups is 1. The average Bonchev–Trinajstić information content (AvgIpc) is 3.22. The molecule has 0 saturated carbocycles. The Kier molecular flexibility index (Phi) is 9.90. The van der Waals surface area contributed by atoms with Gasteiger partial charge in [-0.1, -0.05) is 18.2 Å². The predicted octanol–water partition coefficient (Wildman–Crippen LogP) is 3.36. The molecule has 0 bridgehead atoms. The number of nitrogens with one attached hydrogen (secondary N) is 2. The van der Waals surface area contributed by atoms with Crippen molar-refractivity contribution in [2.24, 2.45) is 4.99 Å². The van der Waals surface area contributed by atoms with Crippen LogP contribution in [0.4, 0.5) is 5.69 Å². The van der Waals surface area contributed by atoms with E-state index < -0.39 is 0 Å². The van der Waals surface area contributed by atoms with Crippen LogP contribution in [0, 0.1) is 0 Å². The molecule has 168 valence electrons. The molecule has 1 amide bonds. The van der Waals surface area contributed by atoms with Crippen LogP contribution in [0.25, 0.3) is 0 Å². The highest BCUT2D eigenvalue weighted by atomic mass is 127. The molecule has 31 heavy (non-hydrogen) atoms. The number of ether oxygens (including phenoxy) is 2. The third kappa shape index (κ3) is 6.49. The molecule has 1 heterocycles. The van der Waals surface area contributed by atoms with E-state index in [0.717, 1.165) is 42.1 Å². The highest BCUT2D eigenvalue weighted by molar-refractivity contribution is 14.0. The van der Waals surface area contributed by atoms with Crippen molar-refractivity contribution in [2.75, 3.05) is 39.3 Å². The number of guanidine groups is 1. The normalized spacial score (nSPS) is 12.6. The third-order valence-electron chi connectivity index (χ3n) is 5.21. The number of fused-ring (bicyclic) bond motifs is 1. The molecular weight excluding hydrogens is 507 g/mol. The average molecular weight is 538 g/mol. The number of aliphatic imine (C=N–C) groups is 1. The smallest absolute Gasteiger partial charge is 0.227 e. The van der Waals surface area contributed by atoms with Gasteiger partial charge >= 0.3 is 0 Å². The number of benzene rings is 2. The lowest BCUT2D eigenvalue weighted by atomic mass is 10.2. The van der Waals surface area contributed by atoms with Crippen LogP contribution in [0.3, 0.4) is 0 Å². The summed E-state index contributed by atoms with van der Waals surface area (Å²) in [4.78, 5) is 18.7. The number of nitrogens with zero attached hydrogens (tertiary/aromatic N) is 2. The molecule has 2 aromatic carbocycles. The first-order valence-corrected chi connectivity index (χ1v) is 10.2. The predicted molar refractivity (Wildman–Crippen MR) is 135 cm³/mol. The van der Waals surface area contributed by atoms with E-state index in [0.29, 0.717) is 25.5 Å². The zero-order valence-electron chi connectivity index (χ0n) is 18.3. The van der Waals surface area contributed by atoms with Crippen molar-refractivity contribution in [1.29, 1.82) is 0 Å². The molecule has 0 saturated heterocycles. The van der Waals surface area contributed by atoms with Gasteiger partial charge in [-0.3, -0.25) is 9.79 Å². The molecule has 0 aromatic heterocycles. The van der Waals surface area contributed by atoms with Crippen molar-refractivity contribution in [2.45, 2.75) is 25.8 Å². The van der Waals surface area contributed by atoms with Crippen molar-refractivity contribution in [3.63, 3.8) is 0 Å². The molecule has 1 aliphatic rings. The Morgan fingerprint density at radius 3 is 2.68 bits per heavy atom. The first-order valence-electron chi connectivity index (χ1n) is 10.2. The van der Waals surface area contributed by atoms with Crippen LogP contribution < -0.4 is 25.0 Å². The Balaban J connectivity index is 0.00000341. The fourth-order valence-corrected chi connectivity index (χ4v) is 3.58. The van der Waals surface area contributed by atoms with Gasteiger partial charge in [0.15, 0.2) is 5.96 Å². The van der Waals surface area contributed by atoms with Crippen molar-refractivity contribution < 1.29 is 14.3 Å². The summed E-state index contributed by atoms with van der Waals surface area (Å²) in [5.41, 5.74) is 3.31. The molecule has 8 heteroatoms. The van der Waals surface area contributed by atoms with Gasteiger partial charge in [0.1, 0.15) is 11.5 Å². The van der Waals surface area contributed by atoms with Gasteiger partial charge < -0.3 is 25.0 Å². The van der Waals surface area contributed by atoms with E-state index in [1.165, 1.54) is 5.56 Å². The number of hydrogen-bond acceptors (Lipinski definition) is 4. The Bertz CT molecular complexity index is 904. The van der Waals surface area contributed by atoms with Crippen LogP contribution in [-0.4, -0.2) is 46.2 Å². The van der Waals surface area contributed by atoms with Crippen LogP contribution >= 0.6 is 24.0 Å². The number of hydrogen-bond donors (Lipinski definition) is 2. The van der Waals surface area contributed by atoms with Gasteiger partial charge in [0, 0.05) is 50.4 Å². The Morgan fingerprint density at radius 2 is 1.94 bits per heavy atom. The molecule has 0 aliphatic carbocycles. The maximum Gasteiger partial charge on any atom is 0.227 e. The molecule has 2 aromatic rings. The number of anilines is 1. The van der Waals surface area contributed by atoms with E-state index in [1.807, 2.05) is 41.3 Å². The van der Waals surface area contributed by atoms with E-state index in [9.17, 15) is 4.79 Å². The van der Waals surface area contributed by atoms with E-state index in [-0.39, 0.29) is 29.9 Å². The van der Waals surface area contributed by atoms with Gasteiger partial charge in [-0.15, -0.1) is 24.0 Å². The van der Waals surface area contributed by atoms with E-state index >= 15 is 0 Å². The number of amides is 1. The molecule has 0 atom stereocenters. The minimum atomic E-state index is 0. The minimum Gasteiger partial charge on any atom is -0.497 e. The zero-order chi connectivity index (χ0) is 21.3. The Labute approximate surface area is 201 Å². The zero-order valence-corrected chi connectivity index (χ0v) is 20.6. The van der Waals surface area contributed by atoms with Crippen LogP contribution in [0.1, 0.15) is 24.0 Å². The summed E-state index contributed by atoms with van der Waals surface area (Å²) in [6.07, 6.45) is 2.18. The van der Waals surface area contributed by atoms with E-state index in [2.05, 4.69) is 21.7 Å². The molecular formula is C23H31IN4O3. The first-order chi connectivity index (χ1) is 14.7. The molecule has 3 rings (SSSR count). The second-order valence-corrected chi connectivity index (χ2v) is 7.06. The first kappa shape index (κ1) is 24.8. The number of para-hydroxylation sites is 1. The SMILES string of the molecule is CN=C(NCCCC(=O)N1CCc2ccccc21)NCc1ccc(OC)cc1OC.I. The highest BCUT2D eigenvalue weighted by Crippen LogP contribution is 2.28. The van der Waals surface area contributed by atoms with Crippen molar-refractivity contribution in [1.82, 2.24) is 10.6 Å². The number of rotatable bonds is 8. The third-order valence-corrected chi connectivity index (χ3v) is 5.21. The maximum absolute atomic E-state index is 12.6. The molecule has 0 spiro atoms. The van der Waals surface area contributed by atoms with Crippen molar-refractivity contribution in [3.8, 4) is 11.5 Å². The van der Waals surface area contributed by atoms with Crippen LogP contribution in [0.15, 0.2) is 47.5 Å². The monoisotopic (exact) mass is 538 g/mol. The van der Waals surface area contributed by atoms with Crippen LogP contribution in [-0.2, 0) is 17.8 Å². The fourth-order valence-electron chi connectivity index (χ4n) is 3.58. The standard InChI is InChI=1S/C23H30N4O3.HI/c1-24-23(26-16-18-10-11-19(29-2)15-21(18)30-3)25-13-6-9-22(28)27-14-12-17-7-4-5-8-20(17)27;/h4-5,7-8,10-11,15H,6,9,12-14,16H2,1-3H3,(H2,24,25,26);1H. The largest absolute Gasteiger partial charge is 0.497 e. The second kappa shape index (κ2) is 12.4. The molecule has 1 aliphatic heterocycles. The van der Waals surface area contributed by atoms with Gasteiger partial charge in [-0.05, 0) is 36.6 Å². The van der Waals surface area contributed by atoms with Gasteiger partial charge in [-0.25, -0.2) is 0 Å². The maximum atomic E-state index is 12.6. The lowest BCUT2D eigenvalue weighted by molar-refractivity contribution is -0.118. The quantitative estimate of drug-likeness (QED) is 0.234. The topological polar surface area (TPSA) is 75.2 Å². The molecule has 2 N–H and O–H groups in total. The summed E-state index contributed by atoms with van der Waals surface area (Å²) in [5.74, 6) is 2.37. The minimum absolute atomic E-state index is 0. The lowest BCUT2D eigenvalue weighted by Crippen LogP contribution is -2.38. The summed E-state index contributed by atoms with van der Waals surface area (Å²) in [6, 6.07) is 13.9. The van der Waals surface area contributed by atoms with Gasteiger partial charge in [0.2, 0.25) is 5.91 Å². The second-order valence-electron chi connectivity index (χ2n) is 7.06. The van der Waals surface area contributed by atoms with Crippen LogP contribution in [0.5, 0.6) is 11.5 Å². The summed E-state index contributed by atoms with van der Waals surface area (Å²) in [7, 11) is 5.00. The summed E-state index contributed by atoms with van der Waals surface area (Å²) < 4.78 is 10.7. The van der Waals surface area contributed by atoms with Gasteiger partial charge in [0.25, 0.3) is 0 Å². The molecule has 7 nitrogen and oxygen atoms in total. The highest BCUT2D eigenvalue weighted by Gasteiger charge is 2.23. The van der Waals surface area contributed by atoms with E-state index in [1.54, 1.807) is 21.3 Å². The molecule has 0 radical (unpaired) electrons. The van der Waals surface area contributed by atoms with E-state index in [4.69, 9.17) is 9.47 Å². The summed E-state index contributed by atoms with van der Waals surface area (Å²) in [6.45, 7) is 2.01. The van der Waals surface area contributed by atoms with Gasteiger partial charge in [-0.2, -0.15) is 0 Å². The van der Waals surface area contributed by atoms with Gasteiger partial charge in [0.05, 0.1) is 14.2 Å². The summed E-state index contributed by atoms with van der Waals surface area (Å²) >= 11 is 0. The molecule has 0 fully saturated rings. The molecule has 0 unspecified atom stereocenters. The lowest BCUT2D eigenvalue weighted by Gasteiger charge is -2.18. The van der Waals surface area contributed by atoms with Crippen molar-refractivity contribution >= 4 is 41.5 Å². The number of halogens is 1. The summed E-state index contributed by atoms with van der Waals surface area (Å²) in [5, 5.41) is 6.54. The fraction of sp³-hybridized carbons (Fsp3) is 0.391. The number of carbonyl (C=O) groups excluding carboxylic acids is 1. The Morgan fingerprint density at radius 1 is 1.13 bits per heavy atom. The van der Waals surface area contributed by atoms with Crippen LogP contribution in [0.2, 0.25) is 0 Å². The Hall–Kier alpha value is -2.49. The number of methoxy groups -OCH3 is 2.